The molecule has 0 atom stereocenters. The lowest BCUT2D eigenvalue weighted by atomic mass is 10.4. The highest BCUT2D eigenvalue weighted by molar-refractivity contribution is 7.85. The molecule has 0 aliphatic carbocycles. The van der Waals surface area contributed by atoms with Crippen LogP contribution in [0.2, 0.25) is 0 Å². The van der Waals surface area contributed by atoms with E-state index in [1.807, 2.05) is 0 Å². The molecule has 7 nitrogen and oxygen atoms in total. The Morgan fingerprint density at radius 2 is 1.80 bits per heavy atom. The largest absolute Gasteiger partial charge is 0.395 e. The summed E-state index contributed by atoms with van der Waals surface area (Å²) in [6.45, 7) is 0.947. The molecule has 4 N–H and O–H groups in total. The van der Waals surface area contributed by atoms with Gasteiger partial charge in [0.05, 0.1) is 19.0 Å². The van der Waals surface area contributed by atoms with Gasteiger partial charge in [-0.15, -0.1) is 0 Å². The van der Waals surface area contributed by atoms with Gasteiger partial charge in [0.25, 0.3) is 10.1 Å². The molecule has 0 heterocycles. The fourth-order valence-electron chi connectivity index (χ4n) is 1.04. The molecule has 0 unspecified atom stereocenters. The molecule has 0 aromatic rings. The van der Waals surface area contributed by atoms with Crippen LogP contribution in [-0.2, 0) is 10.1 Å². The van der Waals surface area contributed by atoms with Crippen LogP contribution in [0.5, 0.6) is 0 Å². The van der Waals surface area contributed by atoms with E-state index in [9.17, 15) is 8.42 Å². The van der Waals surface area contributed by atoms with Crippen molar-refractivity contribution in [2.75, 3.05) is 38.6 Å². The predicted molar refractivity (Wildman–Crippen MR) is 54.8 cm³/mol. The average Bonchev–Trinajstić information content (AvgIpc) is 2.12. The van der Waals surface area contributed by atoms with Crippen molar-refractivity contribution >= 4 is 10.1 Å². The van der Waals surface area contributed by atoms with Gasteiger partial charge in [0.15, 0.2) is 0 Å². The molecule has 0 aromatic carbocycles. The minimum atomic E-state index is -3.92. The van der Waals surface area contributed by atoms with Crippen molar-refractivity contribution in [1.29, 1.82) is 0 Å². The summed E-state index contributed by atoms with van der Waals surface area (Å²) in [6, 6.07) is 0. The Balaban J connectivity index is 3.74. The number of aliphatic hydroxyl groups excluding tert-OH is 2. The van der Waals surface area contributed by atoms with E-state index < -0.39 is 10.1 Å². The maximum absolute atomic E-state index is 10.4. The first-order valence-electron chi connectivity index (χ1n) is 4.65. The Labute approximate surface area is 89.4 Å². The maximum Gasteiger partial charge on any atom is 0.264 e. The van der Waals surface area contributed by atoms with Crippen molar-refractivity contribution in [3.05, 3.63) is 0 Å². The summed E-state index contributed by atoms with van der Waals surface area (Å²) in [6.07, 6.45) is 0.261. The van der Waals surface area contributed by atoms with Gasteiger partial charge in [-0.2, -0.15) is 8.42 Å². The highest BCUT2D eigenvalue weighted by atomic mass is 32.2. The molecule has 0 aliphatic rings. The first-order valence-corrected chi connectivity index (χ1v) is 6.26. The number of hydrogen-bond acceptors (Lipinski definition) is 6. The molecule has 0 saturated carbocycles. The molecular formula is C7H18N2O5S. The number of rotatable bonds is 9. The van der Waals surface area contributed by atoms with E-state index in [1.165, 1.54) is 0 Å². The second-order valence-electron chi connectivity index (χ2n) is 2.98. The van der Waals surface area contributed by atoms with Gasteiger partial charge in [0, 0.05) is 19.6 Å². The number of hydrogen-bond donors (Lipinski definition) is 4. The quantitative estimate of drug-likeness (QED) is 0.275. The van der Waals surface area contributed by atoms with E-state index in [0.29, 0.717) is 19.6 Å². The lowest BCUT2D eigenvalue weighted by Crippen LogP contribution is -2.42. The van der Waals surface area contributed by atoms with Crippen LogP contribution in [0.4, 0.5) is 0 Å². The van der Waals surface area contributed by atoms with Gasteiger partial charge in [-0.3, -0.25) is 9.98 Å². The third-order valence-electron chi connectivity index (χ3n) is 1.65. The lowest BCUT2D eigenvalue weighted by molar-refractivity contribution is 0.130. The summed E-state index contributed by atoms with van der Waals surface area (Å²) in [5.41, 5.74) is 2.80. The van der Waals surface area contributed by atoms with Crippen molar-refractivity contribution < 1.29 is 23.2 Å². The highest BCUT2D eigenvalue weighted by Crippen LogP contribution is 1.91. The van der Waals surface area contributed by atoms with Crippen LogP contribution in [-0.4, -0.2) is 66.8 Å². The number of aliphatic hydroxyl groups is 2. The monoisotopic (exact) mass is 242 g/mol. The van der Waals surface area contributed by atoms with Crippen LogP contribution in [0.25, 0.3) is 0 Å². The van der Waals surface area contributed by atoms with Gasteiger partial charge in [0.2, 0.25) is 0 Å². The van der Waals surface area contributed by atoms with Gasteiger partial charge < -0.3 is 10.2 Å². The Kier molecular flexibility index (Phi) is 7.83. The Morgan fingerprint density at radius 1 is 1.13 bits per heavy atom. The molecule has 15 heavy (non-hydrogen) atoms. The van der Waals surface area contributed by atoms with Gasteiger partial charge >= 0.3 is 0 Å². The summed E-state index contributed by atoms with van der Waals surface area (Å²) in [5.74, 6) is -0.310. The topological polar surface area (TPSA) is 110 Å². The van der Waals surface area contributed by atoms with E-state index in [-0.39, 0.29) is 25.4 Å². The van der Waals surface area contributed by atoms with E-state index >= 15 is 0 Å². The number of nitrogens with zero attached hydrogens (tertiary/aromatic N) is 1. The van der Waals surface area contributed by atoms with Crippen molar-refractivity contribution in [3.8, 4) is 0 Å². The van der Waals surface area contributed by atoms with Gasteiger partial charge in [-0.05, 0) is 6.42 Å². The van der Waals surface area contributed by atoms with Crippen LogP contribution < -0.4 is 5.43 Å². The molecule has 8 heteroatoms. The van der Waals surface area contributed by atoms with Crippen LogP contribution in [0.15, 0.2) is 0 Å². The zero-order valence-electron chi connectivity index (χ0n) is 8.46. The minimum Gasteiger partial charge on any atom is -0.395 e. The molecule has 0 radical (unpaired) electrons. The van der Waals surface area contributed by atoms with Crippen molar-refractivity contribution in [2.24, 2.45) is 0 Å². The minimum absolute atomic E-state index is 0.0414. The second kappa shape index (κ2) is 7.97. The van der Waals surface area contributed by atoms with Crippen molar-refractivity contribution in [3.63, 3.8) is 0 Å². The van der Waals surface area contributed by atoms with Gasteiger partial charge in [0.1, 0.15) is 0 Å². The van der Waals surface area contributed by atoms with Gasteiger partial charge in [-0.1, -0.05) is 0 Å². The SMILES string of the molecule is O=S(=O)(O)CCCN(CCO)NCCO. The zero-order chi connectivity index (χ0) is 11.7. The molecule has 0 rings (SSSR count). The molecule has 0 bridgehead atoms. The predicted octanol–water partition coefficient (Wildman–Crippen LogP) is -1.94. The summed E-state index contributed by atoms with van der Waals surface area (Å²) in [4.78, 5) is 0. The maximum atomic E-state index is 10.4. The Hall–Kier alpha value is -0.250. The summed E-state index contributed by atoms with van der Waals surface area (Å²) < 4.78 is 29.3. The van der Waals surface area contributed by atoms with Crippen molar-refractivity contribution in [1.82, 2.24) is 10.4 Å². The van der Waals surface area contributed by atoms with Gasteiger partial charge in [-0.25, -0.2) is 5.01 Å². The second-order valence-corrected chi connectivity index (χ2v) is 4.55. The van der Waals surface area contributed by atoms with Crippen molar-refractivity contribution in [2.45, 2.75) is 6.42 Å². The van der Waals surface area contributed by atoms with Crippen LogP contribution in [0, 0.1) is 0 Å². The smallest absolute Gasteiger partial charge is 0.264 e. The Morgan fingerprint density at radius 3 is 2.27 bits per heavy atom. The average molecular weight is 242 g/mol. The lowest BCUT2D eigenvalue weighted by Gasteiger charge is -2.21. The fraction of sp³-hybridized carbons (Fsp3) is 1.00. The number of nitrogens with one attached hydrogen (secondary N) is 1. The fourth-order valence-corrected chi connectivity index (χ4v) is 1.53. The highest BCUT2D eigenvalue weighted by Gasteiger charge is 2.07. The molecule has 0 aliphatic heterocycles. The molecule has 0 spiro atoms. The third kappa shape index (κ3) is 10.0. The van der Waals surface area contributed by atoms with Crippen LogP contribution in [0.3, 0.4) is 0 Å². The third-order valence-corrected chi connectivity index (χ3v) is 2.45. The van der Waals surface area contributed by atoms with E-state index in [0.717, 1.165) is 0 Å². The van der Waals surface area contributed by atoms with E-state index in [1.54, 1.807) is 5.01 Å². The summed E-state index contributed by atoms with van der Waals surface area (Å²) >= 11 is 0. The zero-order valence-corrected chi connectivity index (χ0v) is 9.28. The molecule has 0 saturated heterocycles. The first kappa shape index (κ1) is 14.8. The van der Waals surface area contributed by atoms with E-state index in [2.05, 4.69) is 5.43 Å². The number of hydrazine groups is 1. The molecule has 92 valence electrons. The standard InChI is InChI=1S/C7H18N2O5S/c10-5-2-8-9(4-6-11)3-1-7-15(12,13)14/h8,10-11H,1-7H2,(H,12,13,14). The van der Waals surface area contributed by atoms with Crippen LogP contribution >= 0.6 is 0 Å². The summed E-state index contributed by atoms with van der Waals surface area (Å²) in [5, 5.41) is 18.8. The molecule has 0 fully saturated rings. The first-order chi connectivity index (χ1) is 6.99. The molecular weight excluding hydrogens is 224 g/mol. The molecule has 0 aromatic heterocycles. The van der Waals surface area contributed by atoms with Crippen LogP contribution in [0.1, 0.15) is 6.42 Å². The normalized spacial score (nSPS) is 12.3. The Bertz CT molecular complexity index is 244. The summed E-state index contributed by atoms with van der Waals surface area (Å²) in [7, 11) is -3.92. The molecule has 0 amide bonds. The van der Waals surface area contributed by atoms with E-state index in [4.69, 9.17) is 14.8 Å².